The van der Waals surface area contributed by atoms with Crippen LogP contribution in [0, 0.1) is 27.7 Å². The van der Waals surface area contributed by atoms with Crippen LogP contribution in [0.2, 0.25) is 0 Å². The van der Waals surface area contributed by atoms with Crippen molar-refractivity contribution in [2.45, 2.75) is 42.4 Å². The van der Waals surface area contributed by atoms with Crippen molar-refractivity contribution in [3.05, 3.63) is 138 Å². The molecule has 7 aromatic carbocycles. The minimum atomic E-state index is -4.93. The van der Waals surface area contributed by atoms with Gasteiger partial charge in [0, 0.05) is 11.1 Å². The predicted molar refractivity (Wildman–Crippen MR) is 254 cm³/mol. The number of fused-ring (bicyclic) bond motifs is 1. The Morgan fingerprint density at radius 2 is 1.01 bits per heavy atom. The lowest BCUT2D eigenvalue weighted by atomic mass is 10.1. The Morgan fingerprint density at radius 1 is 0.493 bits per heavy atom. The molecule has 6 N–H and O–H groups in total. The number of aryl methyl sites for hydroxylation is 4. The van der Waals surface area contributed by atoms with Crippen LogP contribution in [0.4, 0.5) is 51.2 Å². The van der Waals surface area contributed by atoms with Crippen molar-refractivity contribution in [2.75, 3.05) is 12.0 Å². The topological polar surface area (TPSA) is 324 Å². The minimum Gasteiger partial charge on any atom is -0.505 e. The predicted octanol–water partition coefficient (Wildman–Crippen LogP) is 12.3. The summed E-state index contributed by atoms with van der Waals surface area (Å²) in [6, 6.07) is 28.1. The average Bonchev–Trinajstić information content (AvgIpc) is 3.28. The quantitative estimate of drug-likeness (QED) is 0.0316. The molecule has 0 fully saturated rings. The SMILES string of the molecule is Cc1cc(N=Nc2cc(C)c(N=Nc3c(S(=O)(=O)O)cc4cc(NCOc5ccccc5O)ccc4c3O)cc2C)ccc1N=Nc1ccc(N=Nc2ccc(S(=O)(=O)O)cc2S(=O)(=O)O)c(C)c1. The first kappa shape index (κ1) is 49.0. The highest BCUT2D eigenvalue weighted by Gasteiger charge is 2.23. The molecule has 0 unspecified atom stereocenters. The maximum Gasteiger partial charge on any atom is 0.296 e. The van der Waals surface area contributed by atoms with Gasteiger partial charge in [-0.15, -0.1) is 10.2 Å². The Bertz CT molecular complexity index is 3660. The molecule has 0 saturated carbocycles. The van der Waals surface area contributed by atoms with Crippen LogP contribution in [0.25, 0.3) is 10.8 Å². The average molecular weight is 994 g/mol. The van der Waals surface area contributed by atoms with Gasteiger partial charge in [0.25, 0.3) is 30.4 Å². The van der Waals surface area contributed by atoms with E-state index in [0.717, 1.165) is 17.7 Å². The number of phenols is 2. The molecule has 0 aliphatic rings. The summed E-state index contributed by atoms with van der Waals surface area (Å²) in [6.07, 6.45) is 0. The molecule has 0 amide bonds. The fraction of sp³-hybridized carbons (Fsp3) is 0.111. The molecule has 7 rings (SSSR count). The van der Waals surface area contributed by atoms with Crippen molar-refractivity contribution in [1.82, 2.24) is 0 Å². The molecule has 0 atom stereocenters. The number of nitrogens with one attached hydrogen (secondary N) is 1. The molecule has 354 valence electrons. The van der Waals surface area contributed by atoms with Crippen LogP contribution in [0.15, 0.2) is 171 Å². The summed E-state index contributed by atoms with van der Waals surface area (Å²) in [5.41, 5.74) is 4.82. The van der Waals surface area contributed by atoms with Gasteiger partial charge >= 0.3 is 0 Å². The largest absolute Gasteiger partial charge is 0.505 e. The monoisotopic (exact) mass is 993 g/mol. The Labute approximate surface area is 394 Å². The van der Waals surface area contributed by atoms with Crippen LogP contribution in [-0.4, -0.2) is 55.9 Å². The number of rotatable bonds is 15. The fourth-order valence-corrected chi connectivity index (χ4v) is 8.43. The Hall–Kier alpha value is -7.87. The fourth-order valence-electron chi connectivity index (χ4n) is 6.54. The van der Waals surface area contributed by atoms with E-state index in [9.17, 15) is 49.1 Å². The van der Waals surface area contributed by atoms with Crippen LogP contribution in [-0.2, 0) is 30.4 Å². The molecular formula is C45H39N9O12S3. The van der Waals surface area contributed by atoms with E-state index in [1.54, 1.807) is 99.6 Å². The molecule has 0 bridgehead atoms. The lowest BCUT2D eigenvalue weighted by molar-refractivity contribution is 0.323. The van der Waals surface area contributed by atoms with Crippen LogP contribution < -0.4 is 10.1 Å². The van der Waals surface area contributed by atoms with E-state index >= 15 is 0 Å². The van der Waals surface area contributed by atoms with Gasteiger partial charge < -0.3 is 20.3 Å². The molecule has 0 saturated heterocycles. The molecule has 7 aromatic rings. The van der Waals surface area contributed by atoms with Gasteiger partial charge in [0.15, 0.2) is 24.0 Å². The first-order valence-corrected chi connectivity index (χ1v) is 24.4. The number of phenolic OH excluding ortho intramolecular Hbond substituents is 2. The second-order valence-electron chi connectivity index (χ2n) is 15.2. The Morgan fingerprint density at radius 3 is 1.58 bits per heavy atom. The normalized spacial score (nSPS) is 12.6. The van der Waals surface area contributed by atoms with E-state index in [1.165, 1.54) is 18.2 Å². The van der Waals surface area contributed by atoms with Crippen molar-refractivity contribution in [1.29, 1.82) is 0 Å². The van der Waals surface area contributed by atoms with E-state index in [1.807, 2.05) is 6.92 Å². The molecule has 0 aliphatic carbocycles. The highest BCUT2D eigenvalue weighted by molar-refractivity contribution is 7.87. The first-order valence-electron chi connectivity index (χ1n) is 20.1. The van der Waals surface area contributed by atoms with E-state index in [-0.39, 0.29) is 34.7 Å². The number of azo groups is 4. The molecule has 0 aromatic heterocycles. The summed E-state index contributed by atoms with van der Waals surface area (Å²) in [5, 5.41) is 58.3. The van der Waals surface area contributed by atoms with E-state index in [4.69, 9.17) is 4.74 Å². The molecule has 0 heterocycles. The molecule has 0 spiro atoms. The minimum absolute atomic E-state index is 0.0432. The van der Waals surface area contributed by atoms with Crippen molar-refractivity contribution in [2.24, 2.45) is 40.9 Å². The Kier molecular flexibility index (Phi) is 14.1. The lowest BCUT2D eigenvalue weighted by Crippen LogP contribution is -2.08. The highest BCUT2D eigenvalue weighted by Crippen LogP contribution is 2.43. The third kappa shape index (κ3) is 11.8. The summed E-state index contributed by atoms with van der Waals surface area (Å²) < 4.78 is 106. The zero-order valence-corrected chi connectivity index (χ0v) is 39.0. The summed E-state index contributed by atoms with van der Waals surface area (Å²) in [7, 11) is -14.6. The zero-order valence-electron chi connectivity index (χ0n) is 36.6. The van der Waals surface area contributed by atoms with Gasteiger partial charge in [0.1, 0.15) is 21.2 Å². The summed E-state index contributed by atoms with van der Waals surface area (Å²) in [6.45, 7) is 6.96. The first-order chi connectivity index (χ1) is 32.5. The summed E-state index contributed by atoms with van der Waals surface area (Å²) in [5.74, 6) is -0.314. The standard InChI is InChI=1S/C45H39N9O12S3/c1-25-17-32(10-14-35(25)49-47-31-11-15-36(26(2)18-31)50-51-37-16-12-33(67(57,58)59)23-42(37)68(60,61)62)48-52-38-19-28(4)39(20-27(38)3)53-54-44-43(69(63,64)65)22-29-21-30(9-13-34(29)45(44)56)46-24-66-41-8-6-5-7-40(41)55/h5-23,46,55-56H,24H2,1-4H3,(H,57,58,59)(H,60,61,62)(H,63,64,65). The number of benzene rings is 7. The lowest BCUT2D eigenvalue weighted by Gasteiger charge is -2.13. The maximum atomic E-state index is 12.5. The number of nitrogens with zero attached hydrogens (tertiary/aromatic N) is 8. The van der Waals surface area contributed by atoms with Crippen molar-refractivity contribution < 1.29 is 53.9 Å². The second kappa shape index (κ2) is 19.8. The van der Waals surface area contributed by atoms with E-state index in [2.05, 4.69) is 46.2 Å². The van der Waals surface area contributed by atoms with Gasteiger partial charge in [-0.25, -0.2) is 0 Å². The zero-order chi connectivity index (χ0) is 49.8. The molecule has 0 radical (unpaired) electrons. The molecule has 0 aliphatic heterocycles. The van der Waals surface area contributed by atoms with Crippen LogP contribution >= 0.6 is 0 Å². The maximum absolute atomic E-state index is 12.5. The van der Waals surface area contributed by atoms with Crippen molar-refractivity contribution >= 4 is 92.3 Å². The van der Waals surface area contributed by atoms with Crippen LogP contribution in [0.5, 0.6) is 17.2 Å². The van der Waals surface area contributed by atoms with Gasteiger partial charge in [0.05, 0.1) is 39.0 Å². The highest BCUT2D eigenvalue weighted by atomic mass is 32.2. The van der Waals surface area contributed by atoms with Crippen molar-refractivity contribution in [3.63, 3.8) is 0 Å². The van der Waals surface area contributed by atoms with E-state index < -0.39 is 56.5 Å². The molecular weight excluding hydrogens is 955 g/mol. The van der Waals surface area contributed by atoms with Crippen LogP contribution in [0.1, 0.15) is 22.3 Å². The number of hydrogen-bond donors (Lipinski definition) is 6. The number of anilines is 1. The summed E-state index contributed by atoms with van der Waals surface area (Å²) >= 11 is 0. The number of aromatic hydroxyl groups is 2. The second-order valence-corrected chi connectivity index (χ2v) is 19.4. The van der Waals surface area contributed by atoms with Gasteiger partial charge in [-0.05, 0) is 158 Å². The number of ether oxygens (including phenoxy) is 1. The smallest absolute Gasteiger partial charge is 0.296 e. The van der Waals surface area contributed by atoms with E-state index in [0.29, 0.717) is 62.6 Å². The Balaban J connectivity index is 1.03. The van der Waals surface area contributed by atoms with Crippen LogP contribution in [0.3, 0.4) is 0 Å². The van der Waals surface area contributed by atoms with Gasteiger partial charge in [0.2, 0.25) is 0 Å². The third-order valence-electron chi connectivity index (χ3n) is 10.2. The molecule has 24 heteroatoms. The van der Waals surface area contributed by atoms with Crippen molar-refractivity contribution in [3.8, 4) is 17.2 Å². The number of hydrogen-bond acceptors (Lipinski definition) is 18. The summed E-state index contributed by atoms with van der Waals surface area (Å²) in [4.78, 5) is -2.28. The van der Waals surface area contributed by atoms with Gasteiger partial charge in [-0.2, -0.15) is 55.9 Å². The van der Waals surface area contributed by atoms with Gasteiger partial charge in [-0.1, -0.05) is 12.1 Å². The number of para-hydroxylation sites is 2. The van der Waals surface area contributed by atoms with Gasteiger partial charge in [-0.3, -0.25) is 13.7 Å². The molecule has 69 heavy (non-hydrogen) atoms. The third-order valence-corrected chi connectivity index (χ3v) is 12.7. The molecule has 21 nitrogen and oxygen atoms in total.